The highest BCUT2D eigenvalue weighted by atomic mass is 19.4. The van der Waals surface area contributed by atoms with Crippen LogP contribution >= 0.6 is 0 Å². The van der Waals surface area contributed by atoms with E-state index in [1.54, 1.807) is 12.3 Å². The Morgan fingerprint density at radius 2 is 1.97 bits per heavy atom. The number of fused-ring (bicyclic) bond motifs is 1. The SMILES string of the molecule is COc1cc(OCCN2CCOCC2)cnc1-c1nc2cc(OC(F)(F)F)ccc2[nH]1. The van der Waals surface area contributed by atoms with Crippen LogP contribution < -0.4 is 14.2 Å². The van der Waals surface area contributed by atoms with Crippen molar-refractivity contribution in [3.8, 4) is 28.8 Å². The zero-order valence-corrected chi connectivity index (χ0v) is 16.7. The van der Waals surface area contributed by atoms with Gasteiger partial charge in [0.15, 0.2) is 11.6 Å². The van der Waals surface area contributed by atoms with Crippen LogP contribution in [0.3, 0.4) is 0 Å². The molecule has 3 aromatic rings. The normalized spacial score (nSPS) is 15.2. The summed E-state index contributed by atoms with van der Waals surface area (Å²) in [5.74, 6) is 0.985. The second-order valence-electron chi connectivity index (χ2n) is 6.84. The van der Waals surface area contributed by atoms with Gasteiger partial charge in [-0.2, -0.15) is 0 Å². The summed E-state index contributed by atoms with van der Waals surface area (Å²) < 4.78 is 57.8. The van der Waals surface area contributed by atoms with Gasteiger partial charge in [0.1, 0.15) is 23.8 Å². The number of nitrogens with one attached hydrogen (secondary N) is 1. The third-order valence-electron chi connectivity index (χ3n) is 4.74. The van der Waals surface area contributed by atoms with E-state index in [9.17, 15) is 13.2 Å². The molecular formula is C20H21F3N4O4. The van der Waals surface area contributed by atoms with E-state index in [1.807, 2.05) is 0 Å². The van der Waals surface area contributed by atoms with Gasteiger partial charge in [0.05, 0.1) is 37.6 Å². The van der Waals surface area contributed by atoms with Crippen molar-refractivity contribution in [3.63, 3.8) is 0 Å². The number of alkyl halides is 3. The minimum Gasteiger partial charge on any atom is -0.494 e. The summed E-state index contributed by atoms with van der Waals surface area (Å²) >= 11 is 0. The van der Waals surface area contributed by atoms with Crippen LogP contribution in [0.15, 0.2) is 30.5 Å². The van der Waals surface area contributed by atoms with Crippen LogP contribution in [-0.2, 0) is 4.74 Å². The zero-order chi connectivity index (χ0) is 21.8. The van der Waals surface area contributed by atoms with Gasteiger partial charge in [0.25, 0.3) is 0 Å². The van der Waals surface area contributed by atoms with E-state index in [0.29, 0.717) is 40.7 Å². The number of aromatic nitrogens is 3. The molecule has 3 heterocycles. The number of ether oxygens (including phenoxy) is 4. The Hall–Kier alpha value is -3.05. The molecule has 0 amide bonds. The average Bonchev–Trinajstić information content (AvgIpc) is 3.16. The lowest BCUT2D eigenvalue weighted by Crippen LogP contribution is -2.38. The fourth-order valence-corrected chi connectivity index (χ4v) is 3.25. The molecule has 0 aliphatic carbocycles. The summed E-state index contributed by atoms with van der Waals surface area (Å²) in [5.41, 5.74) is 1.27. The van der Waals surface area contributed by atoms with E-state index < -0.39 is 6.36 Å². The van der Waals surface area contributed by atoms with E-state index in [2.05, 4.69) is 24.6 Å². The highest BCUT2D eigenvalue weighted by Crippen LogP contribution is 2.32. The molecule has 0 atom stereocenters. The van der Waals surface area contributed by atoms with Gasteiger partial charge in [-0.05, 0) is 12.1 Å². The molecule has 2 aromatic heterocycles. The molecule has 8 nitrogen and oxygen atoms in total. The summed E-state index contributed by atoms with van der Waals surface area (Å²) in [6, 6.07) is 5.59. The van der Waals surface area contributed by atoms with Gasteiger partial charge in [-0.3, -0.25) is 4.90 Å². The van der Waals surface area contributed by atoms with Crippen LogP contribution in [0, 0.1) is 0 Å². The molecule has 1 fully saturated rings. The Morgan fingerprint density at radius 3 is 2.71 bits per heavy atom. The maximum Gasteiger partial charge on any atom is 0.573 e. The second kappa shape index (κ2) is 8.98. The van der Waals surface area contributed by atoms with Gasteiger partial charge >= 0.3 is 6.36 Å². The number of methoxy groups -OCH3 is 1. The standard InChI is InChI=1S/C20H21F3N4O4/c1-28-17-11-14(30-9-6-27-4-7-29-8-5-27)12-24-18(17)19-25-15-3-2-13(10-16(15)26-19)31-20(21,22)23/h2-3,10-12H,4-9H2,1H3,(H,25,26). The number of morpholine rings is 1. The van der Waals surface area contributed by atoms with E-state index in [0.717, 1.165) is 32.8 Å². The predicted octanol–water partition coefficient (Wildman–Crippen LogP) is 3.24. The number of H-pyrrole nitrogens is 1. The molecule has 1 aromatic carbocycles. The molecule has 0 saturated carbocycles. The Morgan fingerprint density at radius 1 is 1.16 bits per heavy atom. The highest BCUT2D eigenvalue weighted by Gasteiger charge is 2.31. The number of aromatic amines is 1. The second-order valence-corrected chi connectivity index (χ2v) is 6.84. The predicted molar refractivity (Wildman–Crippen MR) is 105 cm³/mol. The Bertz CT molecular complexity index is 1030. The topological polar surface area (TPSA) is 81.7 Å². The molecule has 1 N–H and O–H groups in total. The third-order valence-corrected chi connectivity index (χ3v) is 4.74. The minimum absolute atomic E-state index is 0.312. The molecule has 0 radical (unpaired) electrons. The molecule has 0 bridgehead atoms. The van der Waals surface area contributed by atoms with E-state index in [1.165, 1.54) is 25.3 Å². The van der Waals surface area contributed by atoms with Gasteiger partial charge in [0.2, 0.25) is 0 Å². The van der Waals surface area contributed by atoms with Crippen molar-refractivity contribution < 1.29 is 32.1 Å². The van der Waals surface area contributed by atoms with E-state index in [-0.39, 0.29) is 5.75 Å². The summed E-state index contributed by atoms with van der Waals surface area (Å²) in [7, 11) is 1.50. The Kier molecular flexibility index (Phi) is 6.14. The van der Waals surface area contributed by atoms with Gasteiger partial charge in [-0.25, -0.2) is 9.97 Å². The Balaban J connectivity index is 1.48. The zero-order valence-electron chi connectivity index (χ0n) is 16.7. The van der Waals surface area contributed by atoms with Crippen LogP contribution in [0.2, 0.25) is 0 Å². The van der Waals surface area contributed by atoms with Crippen molar-refractivity contribution >= 4 is 11.0 Å². The largest absolute Gasteiger partial charge is 0.573 e. The van der Waals surface area contributed by atoms with Crippen LogP contribution in [0.1, 0.15) is 0 Å². The number of hydrogen-bond donors (Lipinski definition) is 1. The van der Waals surface area contributed by atoms with Gasteiger partial charge in [-0.15, -0.1) is 13.2 Å². The molecule has 1 aliphatic rings. The molecule has 4 rings (SSSR count). The van der Waals surface area contributed by atoms with Crippen molar-refractivity contribution in [3.05, 3.63) is 30.5 Å². The average molecular weight is 438 g/mol. The number of nitrogens with zero attached hydrogens (tertiary/aromatic N) is 3. The molecule has 1 saturated heterocycles. The lowest BCUT2D eigenvalue weighted by molar-refractivity contribution is -0.274. The summed E-state index contributed by atoms with van der Waals surface area (Å²) in [6.45, 7) is 4.49. The van der Waals surface area contributed by atoms with Crippen LogP contribution in [-0.4, -0.2) is 72.8 Å². The summed E-state index contributed by atoms with van der Waals surface area (Å²) in [5, 5.41) is 0. The lowest BCUT2D eigenvalue weighted by atomic mass is 10.3. The monoisotopic (exact) mass is 438 g/mol. The van der Waals surface area contributed by atoms with Crippen LogP contribution in [0.25, 0.3) is 22.6 Å². The third kappa shape index (κ3) is 5.36. The summed E-state index contributed by atoms with van der Waals surface area (Å²) in [4.78, 5) is 14.0. The van der Waals surface area contributed by atoms with Crippen molar-refractivity contribution in [2.45, 2.75) is 6.36 Å². The molecule has 0 spiro atoms. The van der Waals surface area contributed by atoms with E-state index in [4.69, 9.17) is 14.2 Å². The molecule has 1 aliphatic heterocycles. The number of pyridine rings is 1. The smallest absolute Gasteiger partial charge is 0.494 e. The van der Waals surface area contributed by atoms with Crippen molar-refractivity contribution in [1.82, 2.24) is 19.9 Å². The first kappa shape index (κ1) is 21.2. The highest BCUT2D eigenvalue weighted by molar-refractivity contribution is 5.81. The van der Waals surface area contributed by atoms with Crippen LogP contribution in [0.5, 0.6) is 17.2 Å². The van der Waals surface area contributed by atoms with Crippen molar-refractivity contribution in [2.75, 3.05) is 46.6 Å². The van der Waals surface area contributed by atoms with Gasteiger partial charge < -0.3 is 23.9 Å². The first-order valence-electron chi connectivity index (χ1n) is 9.64. The quantitative estimate of drug-likeness (QED) is 0.607. The van der Waals surface area contributed by atoms with Crippen molar-refractivity contribution in [1.29, 1.82) is 0 Å². The van der Waals surface area contributed by atoms with Crippen molar-refractivity contribution in [2.24, 2.45) is 0 Å². The number of imidazole rings is 1. The number of halogens is 3. The molecule has 11 heteroatoms. The fraction of sp³-hybridized carbons (Fsp3) is 0.400. The molecule has 31 heavy (non-hydrogen) atoms. The fourth-order valence-electron chi connectivity index (χ4n) is 3.25. The number of hydrogen-bond acceptors (Lipinski definition) is 7. The van der Waals surface area contributed by atoms with Gasteiger partial charge in [-0.1, -0.05) is 0 Å². The molecule has 166 valence electrons. The summed E-state index contributed by atoms with van der Waals surface area (Å²) in [6.07, 6.45) is -3.21. The number of rotatable bonds is 7. The maximum absolute atomic E-state index is 12.4. The maximum atomic E-state index is 12.4. The molecule has 0 unspecified atom stereocenters. The van der Waals surface area contributed by atoms with Crippen LogP contribution in [0.4, 0.5) is 13.2 Å². The molecular weight excluding hydrogens is 417 g/mol. The minimum atomic E-state index is -4.77. The van der Waals surface area contributed by atoms with E-state index >= 15 is 0 Å². The Labute approximate surface area is 175 Å². The first-order valence-corrected chi connectivity index (χ1v) is 9.64. The van der Waals surface area contributed by atoms with Gasteiger partial charge in [0, 0.05) is 31.8 Å². The number of benzene rings is 1. The first-order chi connectivity index (χ1) is 14.9. The lowest BCUT2D eigenvalue weighted by Gasteiger charge is -2.26.